The Bertz CT molecular complexity index is 1120. The number of benzene rings is 1. The predicted octanol–water partition coefficient (Wildman–Crippen LogP) is -1.65. The number of aromatic amines is 1. The Morgan fingerprint density at radius 1 is 1.19 bits per heavy atom. The van der Waals surface area contributed by atoms with Gasteiger partial charge in [0.15, 0.2) is 0 Å². The Morgan fingerprint density at radius 2 is 1.78 bits per heavy atom. The molecule has 0 amide bonds. The average Bonchev–Trinajstić information content (AvgIpc) is 3.05. The van der Waals surface area contributed by atoms with E-state index in [4.69, 9.17) is 18.9 Å². The van der Waals surface area contributed by atoms with Crippen molar-refractivity contribution in [3.8, 4) is 17.2 Å². The fraction of sp³-hybridized carbons (Fsp3) is 0.421. The minimum atomic E-state index is -2.80. The first kappa shape index (κ1) is 23.4. The molecule has 2 aromatic rings. The highest BCUT2D eigenvalue weighted by Gasteiger charge is 2.61. The van der Waals surface area contributed by atoms with Crippen molar-refractivity contribution in [3.63, 3.8) is 0 Å². The number of H-pyrrole nitrogens is 1. The van der Waals surface area contributed by atoms with Crippen molar-refractivity contribution in [1.29, 1.82) is 0 Å². The lowest BCUT2D eigenvalue weighted by Gasteiger charge is -2.33. The lowest BCUT2D eigenvalue weighted by molar-refractivity contribution is -0.118. The molecule has 1 aromatic carbocycles. The molecule has 2 heterocycles. The van der Waals surface area contributed by atoms with E-state index in [-0.39, 0.29) is 22.8 Å². The molecule has 1 aliphatic heterocycles. The highest BCUT2D eigenvalue weighted by molar-refractivity contribution is 6.06. The van der Waals surface area contributed by atoms with E-state index in [0.717, 1.165) is 0 Å². The smallest absolute Gasteiger partial charge is 0.331 e. The van der Waals surface area contributed by atoms with Crippen LogP contribution in [0.1, 0.15) is 10.4 Å². The van der Waals surface area contributed by atoms with Gasteiger partial charge in [-0.25, -0.2) is 4.79 Å². The molecule has 0 bridgehead atoms. The van der Waals surface area contributed by atoms with E-state index in [2.05, 4.69) is 0 Å². The third-order valence-corrected chi connectivity index (χ3v) is 5.14. The lowest BCUT2D eigenvalue weighted by atomic mass is 9.92. The average molecular weight is 456 g/mol. The molecule has 0 radical (unpaired) electrons. The molecule has 0 aliphatic carbocycles. The Kier molecular flexibility index (Phi) is 6.37. The summed E-state index contributed by atoms with van der Waals surface area (Å²) in [5.74, 6) is -2.67. The number of carbonyl (C=O) groups excluding carboxylic acids is 1. The molecular formula is C19H21FN2O10. The number of nitrogens with one attached hydrogen (secondary N) is 1. The summed E-state index contributed by atoms with van der Waals surface area (Å²) in [5.41, 5.74) is -5.84. The van der Waals surface area contributed by atoms with Gasteiger partial charge in [0.05, 0.1) is 34.1 Å². The van der Waals surface area contributed by atoms with Crippen molar-refractivity contribution in [2.75, 3.05) is 27.9 Å². The standard InChI is InChI=1S/C19H21FN2O10/c1-29-8-4-10(30-2)13(11(5-8)31-3)15(25)19(16(26)14(24)12(7-23)32-19)22-6-9(20)17(27)21-18(22)28/h4-6,12,14,16,23-24,26H,7H2,1-3H3,(H,21,27,28)/t12-,14-,16-,19-/m1/s1. The summed E-state index contributed by atoms with van der Waals surface area (Å²) < 4.78 is 35.5. The van der Waals surface area contributed by atoms with E-state index in [9.17, 15) is 34.1 Å². The second kappa shape index (κ2) is 8.70. The quantitative estimate of drug-likeness (QED) is 0.354. The third-order valence-electron chi connectivity index (χ3n) is 5.14. The van der Waals surface area contributed by atoms with Gasteiger partial charge in [0.25, 0.3) is 5.56 Å². The molecule has 4 N–H and O–H groups in total. The highest BCUT2D eigenvalue weighted by Crippen LogP contribution is 2.43. The van der Waals surface area contributed by atoms with Crippen molar-refractivity contribution in [1.82, 2.24) is 9.55 Å². The second-order valence-corrected chi connectivity index (χ2v) is 6.81. The predicted molar refractivity (Wildman–Crippen MR) is 104 cm³/mol. The summed E-state index contributed by atoms with van der Waals surface area (Å²) in [6.07, 6.45) is -5.21. The molecule has 13 heteroatoms. The zero-order valence-electron chi connectivity index (χ0n) is 17.2. The molecule has 32 heavy (non-hydrogen) atoms. The number of hydrogen-bond acceptors (Lipinski definition) is 10. The first-order chi connectivity index (χ1) is 15.2. The normalized spacial score (nSPS) is 24.9. The summed E-state index contributed by atoms with van der Waals surface area (Å²) >= 11 is 0. The molecule has 1 aliphatic rings. The summed E-state index contributed by atoms with van der Waals surface area (Å²) in [4.78, 5) is 39.6. The molecular weight excluding hydrogens is 435 g/mol. The summed E-state index contributed by atoms with van der Waals surface area (Å²) in [6, 6.07) is 2.61. The maximum absolute atomic E-state index is 14.1. The third kappa shape index (κ3) is 3.44. The number of aliphatic hydroxyl groups is 3. The maximum atomic E-state index is 14.1. The summed E-state index contributed by atoms with van der Waals surface area (Å²) in [6.45, 7) is -0.856. The number of ketones is 1. The molecule has 0 saturated carbocycles. The monoisotopic (exact) mass is 456 g/mol. The van der Waals surface area contributed by atoms with Crippen LogP contribution >= 0.6 is 0 Å². The number of aliphatic hydroxyl groups excluding tert-OH is 3. The largest absolute Gasteiger partial charge is 0.496 e. The number of Topliss-reactive ketones (excluding diaryl/α,β-unsaturated/α-hetero) is 1. The van der Waals surface area contributed by atoms with Gasteiger partial charge in [-0.3, -0.25) is 19.1 Å². The van der Waals surface area contributed by atoms with Gasteiger partial charge in [0.2, 0.25) is 17.3 Å². The number of halogens is 1. The van der Waals surface area contributed by atoms with Gasteiger partial charge in [-0.2, -0.15) is 4.39 Å². The molecule has 1 saturated heterocycles. The number of carbonyl (C=O) groups is 1. The molecule has 0 unspecified atom stereocenters. The van der Waals surface area contributed by atoms with Gasteiger partial charge in [-0.1, -0.05) is 0 Å². The summed E-state index contributed by atoms with van der Waals surface area (Å²) in [7, 11) is 3.80. The van der Waals surface area contributed by atoms with Gasteiger partial charge in [0.1, 0.15) is 41.1 Å². The Labute approximate surface area is 179 Å². The van der Waals surface area contributed by atoms with Crippen LogP contribution in [-0.4, -0.2) is 76.9 Å². The van der Waals surface area contributed by atoms with Crippen LogP contribution in [0.25, 0.3) is 0 Å². The van der Waals surface area contributed by atoms with Crippen LogP contribution in [0.2, 0.25) is 0 Å². The first-order valence-corrected chi connectivity index (χ1v) is 9.17. The molecule has 1 aromatic heterocycles. The van der Waals surface area contributed by atoms with Crippen LogP contribution < -0.4 is 25.5 Å². The van der Waals surface area contributed by atoms with Crippen LogP contribution in [-0.2, 0) is 10.5 Å². The van der Waals surface area contributed by atoms with Crippen LogP contribution in [0.15, 0.2) is 27.9 Å². The second-order valence-electron chi connectivity index (χ2n) is 6.81. The molecule has 12 nitrogen and oxygen atoms in total. The van der Waals surface area contributed by atoms with Crippen molar-refractivity contribution < 1.29 is 43.5 Å². The number of methoxy groups -OCH3 is 3. The SMILES string of the molecule is COc1cc(OC)c(C(=O)[C@@]2(n3cc(F)c(=O)[nH]c3=O)O[C@H](CO)[C@@H](O)[C@H]2O)c(OC)c1. The highest BCUT2D eigenvalue weighted by atomic mass is 19.1. The number of aromatic nitrogens is 2. The molecule has 3 rings (SSSR count). The number of hydrogen-bond donors (Lipinski definition) is 4. The number of ether oxygens (including phenoxy) is 4. The fourth-order valence-corrected chi connectivity index (χ4v) is 3.55. The van der Waals surface area contributed by atoms with E-state index < -0.39 is 53.5 Å². The molecule has 1 fully saturated rings. The zero-order valence-corrected chi connectivity index (χ0v) is 17.2. The van der Waals surface area contributed by atoms with Crippen LogP contribution in [0.3, 0.4) is 0 Å². The van der Waals surface area contributed by atoms with E-state index >= 15 is 0 Å². The Hall–Kier alpha value is -3.26. The van der Waals surface area contributed by atoms with E-state index in [1.165, 1.54) is 33.5 Å². The fourth-order valence-electron chi connectivity index (χ4n) is 3.55. The zero-order chi connectivity index (χ0) is 23.8. The van der Waals surface area contributed by atoms with Crippen molar-refractivity contribution in [2.45, 2.75) is 24.0 Å². The van der Waals surface area contributed by atoms with Crippen LogP contribution in [0, 0.1) is 5.82 Å². The Morgan fingerprint density at radius 3 is 2.25 bits per heavy atom. The first-order valence-electron chi connectivity index (χ1n) is 9.17. The molecule has 4 atom stereocenters. The topological polar surface area (TPSA) is 170 Å². The number of rotatable bonds is 7. The Balaban J connectivity index is 2.37. The van der Waals surface area contributed by atoms with Gasteiger partial charge in [-0.05, 0) is 0 Å². The van der Waals surface area contributed by atoms with Gasteiger partial charge < -0.3 is 34.3 Å². The molecule has 0 spiro atoms. The van der Waals surface area contributed by atoms with Crippen molar-refractivity contribution >= 4 is 5.78 Å². The van der Waals surface area contributed by atoms with E-state index in [1.54, 1.807) is 4.98 Å². The molecule has 174 valence electrons. The van der Waals surface area contributed by atoms with Gasteiger partial charge in [0, 0.05) is 12.1 Å². The minimum absolute atomic E-state index is 0.124. The lowest BCUT2D eigenvalue weighted by Crippen LogP contribution is -2.57. The van der Waals surface area contributed by atoms with Gasteiger partial charge in [-0.15, -0.1) is 0 Å². The van der Waals surface area contributed by atoms with Crippen molar-refractivity contribution in [2.24, 2.45) is 0 Å². The van der Waals surface area contributed by atoms with Crippen molar-refractivity contribution in [3.05, 3.63) is 50.5 Å². The minimum Gasteiger partial charge on any atom is -0.496 e. The van der Waals surface area contributed by atoms with Crippen LogP contribution in [0.5, 0.6) is 17.2 Å². The van der Waals surface area contributed by atoms with Gasteiger partial charge >= 0.3 is 5.69 Å². The maximum Gasteiger partial charge on any atom is 0.331 e. The number of nitrogens with zero attached hydrogens (tertiary/aromatic N) is 1. The van der Waals surface area contributed by atoms with Crippen LogP contribution in [0.4, 0.5) is 4.39 Å². The van der Waals surface area contributed by atoms with E-state index in [0.29, 0.717) is 10.8 Å². The van der Waals surface area contributed by atoms with E-state index in [1.807, 2.05) is 0 Å². The summed E-state index contributed by atoms with van der Waals surface area (Å²) in [5, 5.41) is 30.7.